The minimum Gasteiger partial charge on any atom is -0.309 e. The number of rotatable bonds is 2. The molecule has 0 aromatic carbocycles. The van der Waals surface area contributed by atoms with Crippen LogP contribution in [0.3, 0.4) is 0 Å². The maximum atomic E-state index is 4.63. The van der Waals surface area contributed by atoms with Crippen LogP contribution in [0.5, 0.6) is 0 Å². The van der Waals surface area contributed by atoms with Crippen molar-refractivity contribution in [1.82, 2.24) is 25.1 Å². The van der Waals surface area contributed by atoms with Crippen LogP contribution in [0.25, 0.3) is 4.96 Å². The van der Waals surface area contributed by atoms with Crippen LogP contribution < -0.4 is 5.32 Å². The van der Waals surface area contributed by atoms with Gasteiger partial charge in [0.1, 0.15) is 5.01 Å². The lowest BCUT2D eigenvalue weighted by Gasteiger charge is -2.20. The summed E-state index contributed by atoms with van der Waals surface area (Å²) in [6.07, 6.45) is 0. The van der Waals surface area contributed by atoms with Crippen LogP contribution in [0, 0.1) is 0 Å². The van der Waals surface area contributed by atoms with E-state index < -0.39 is 0 Å². The Hall–Kier alpha value is -1.01. The molecule has 0 radical (unpaired) electrons. The average molecular weight is 253 g/mol. The summed E-state index contributed by atoms with van der Waals surface area (Å²) in [5, 5.41) is 17.3. The molecule has 2 aromatic rings. The molecule has 94 valence electrons. The first-order valence-corrected chi connectivity index (χ1v) is 6.49. The van der Waals surface area contributed by atoms with Crippen molar-refractivity contribution >= 4 is 16.3 Å². The second-order valence-electron chi connectivity index (χ2n) is 5.75. The van der Waals surface area contributed by atoms with Crippen molar-refractivity contribution in [3.63, 3.8) is 0 Å². The number of fused-ring (bicyclic) bond motifs is 1. The van der Waals surface area contributed by atoms with Crippen LogP contribution in [-0.4, -0.2) is 26.9 Å². The van der Waals surface area contributed by atoms with Crippen LogP contribution in [0.1, 0.15) is 45.5 Å². The lowest BCUT2D eigenvalue weighted by Crippen LogP contribution is -2.33. The van der Waals surface area contributed by atoms with Gasteiger partial charge in [-0.2, -0.15) is 9.61 Å². The highest BCUT2D eigenvalue weighted by atomic mass is 32.1. The van der Waals surface area contributed by atoms with Gasteiger partial charge in [-0.3, -0.25) is 0 Å². The maximum Gasteiger partial charge on any atom is 0.234 e. The molecule has 0 amide bonds. The molecule has 0 saturated carbocycles. The fourth-order valence-corrected chi connectivity index (χ4v) is 2.39. The number of aromatic nitrogens is 4. The largest absolute Gasteiger partial charge is 0.309 e. The van der Waals surface area contributed by atoms with Gasteiger partial charge in [0.2, 0.25) is 4.96 Å². The fourth-order valence-electron chi connectivity index (χ4n) is 1.44. The highest BCUT2D eigenvalue weighted by Crippen LogP contribution is 2.28. The Bertz CT molecular complexity index is 532. The molecule has 0 bridgehead atoms. The number of hydrogen-bond acceptors (Lipinski definition) is 5. The third-order valence-electron chi connectivity index (χ3n) is 2.82. The van der Waals surface area contributed by atoms with Crippen LogP contribution in [0.15, 0.2) is 0 Å². The number of hydrogen-bond donors (Lipinski definition) is 1. The second kappa shape index (κ2) is 3.74. The van der Waals surface area contributed by atoms with Crippen molar-refractivity contribution in [2.24, 2.45) is 0 Å². The first kappa shape index (κ1) is 12.4. The van der Waals surface area contributed by atoms with Crippen molar-refractivity contribution in [3.8, 4) is 0 Å². The smallest absolute Gasteiger partial charge is 0.234 e. The summed E-state index contributed by atoms with van der Waals surface area (Å²) in [6, 6.07) is 0. The molecule has 17 heavy (non-hydrogen) atoms. The van der Waals surface area contributed by atoms with Crippen molar-refractivity contribution in [1.29, 1.82) is 0 Å². The van der Waals surface area contributed by atoms with Crippen LogP contribution in [0.4, 0.5) is 0 Å². The van der Waals surface area contributed by atoms with Gasteiger partial charge in [-0.25, -0.2) is 0 Å². The molecule has 0 fully saturated rings. The van der Waals surface area contributed by atoms with E-state index >= 15 is 0 Å². The van der Waals surface area contributed by atoms with E-state index in [0.717, 1.165) is 15.8 Å². The molecule has 1 N–H and O–H groups in total. The Labute approximate surface area is 105 Å². The van der Waals surface area contributed by atoms with Crippen molar-refractivity contribution < 1.29 is 0 Å². The highest BCUT2D eigenvalue weighted by molar-refractivity contribution is 7.16. The molecule has 0 aliphatic heterocycles. The van der Waals surface area contributed by atoms with Gasteiger partial charge in [0.25, 0.3) is 0 Å². The van der Waals surface area contributed by atoms with Crippen LogP contribution in [0.2, 0.25) is 0 Å². The van der Waals surface area contributed by atoms with E-state index in [2.05, 4.69) is 55.2 Å². The zero-order valence-electron chi connectivity index (χ0n) is 11.2. The molecular formula is C11H19N5S. The minimum atomic E-state index is -0.138. The minimum absolute atomic E-state index is 0.0471. The molecule has 0 unspecified atom stereocenters. The van der Waals surface area contributed by atoms with Crippen molar-refractivity contribution in [3.05, 3.63) is 10.8 Å². The maximum absolute atomic E-state index is 4.63. The third kappa shape index (κ3) is 2.07. The number of nitrogens with one attached hydrogen (secondary N) is 1. The Kier molecular flexibility index (Phi) is 2.74. The normalized spacial score (nSPS) is 13.5. The summed E-state index contributed by atoms with van der Waals surface area (Å²) in [4.78, 5) is 0.855. The van der Waals surface area contributed by atoms with E-state index in [1.165, 1.54) is 0 Å². The topological polar surface area (TPSA) is 55.1 Å². The van der Waals surface area contributed by atoms with Gasteiger partial charge in [-0.05, 0) is 20.9 Å². The van der Waals surface area contributed by atoms with Gasteiger partial charge < -0.3 is 5.32 Å². The Morgan fingerprint density at radius 3 is 2.29 bits per heavy atom. The van der Waals surface area contributed by atoms with Gasteiger partial charge in [0, 0.05) is 5.41 Å². The van der Waals surface area contributed by atoms with Gasteiger partial charge >= 0.3 is 0 Å². The lowest BCUT2D eigenvalue weighted by atomic mass is 9.96. The molecule has 0 spiro atoms. The third-order valence-corrected chi connectivity index (χ3v) is 4.04. The summed E-state index contributed by atoms with van der Waals surface area (Å²) in [7, 11) is 1.94. The monoisotopic (exact) mass is 253 g/mol. The second-order valence-corrected chi connectivity index (χ2v) is 6.71. The summed E-state index contributed by atoms with van der Waals surface area (Å²) in [5.41, 5.74) is -0.185. The van der Waals surface area contributed by atoms with E-state index in [0.29, 0.717) is 0 Å². The molecular weight excluding hydrogens is 234 g/mol. The summed E-state index contributed by atoms with van der Waals surface area (Å²) in [5.74, 6) is 0.905. The Balaban J connectivity index is 2.57. The molecule has 0 aliphatic rings. The summed E-state index contributed by atoms with van der Waals surface area (Å²) < 4.78 is 1.86. The standard InChI is InChI=1S/C11H19N5S/c1-10(2,3)7-13-14-9-16(7)15-8(17-9)11(4,5)12-6/h12H,1-6H3. The molecule has 2 rings (SSSR count). The Morgan fingerprint density at radius 1 is 1.12 bits per heavy atom. The molecule has 6 heteroatoms. The predicted octanol–water partition coefficient (Wildman–Crippen LogP) is 1.94. The van der Waals surface area contributed by atoms with Gasteiger partial charge in [-0.15, -0.1) is 10.2 Å². The van der Waals surface area contributed by atoms with E-state index in [1.807, 2.05) is 11.6 Å². The highest BCUT2D eigenvalue weighted by Gasteiger charge is 2.27. The molecule has 0 atom stereocenters. The van der Waals surface area contributed by atoms with E-state index in [1.54, 1.807) is 11.3 Å². The van der Waals surface area contributed by atoms with Crippen molar-refractivity contribution in [2.75, 3.05) is 7.05 Å². The Morgan fingerprint density at radius 2 is 1.76 bits per heavy atom. The fraction of sp³-hybridized carbons (Fsp3) is 0.727. The van der Waals surface area contributed by atoms with E-state index in [4.69, 9.17) is 0 Å². The zero-order chi connectivity index (χ0) is 12.8. The molecule has 0 saturated heterocycles. The van der Waals surface area contributed by atoms with E-state index in [9.17, 15) is 0 Å². The first-order valence-electron chi connectivity index (χ1n) is 5.68. The van der Waals surface area contributed by atoms with Gasteiger partial charge in [0.05, 0.1) is 5.54 Å². The molecule has 2 heterocycles. The van der Waals surface area contributed by atoms with Crippen LogP contribution >= 0.6 is 11.3 Å². The zero-order valence-corrected chi connectivity index (χ0v) is 12.0. The number of nitrogens with zero attached hydrogens (tertiary/aromatic N) is 4. The van der Waals surface area contributed by atoms with Gasteiger partial charge in [0.15, 0.2) is 5.82 Å². The lowest BCUT2D eigenvalue weighted by molar-refractivity contribution is 0.433. The van der Waals surface area contributed by atoms with Gasteiger partial charge in [-0.1, -0.05) is 32.1 Å². The van der Waals surface area contributed by atoms with Crippen molar-refractivity contribution in [2.45, 2.75) is 45.6 Å². The van der Waals surface area contributed by atoms with E-state index in [-0.39, 0.29) is 11.0 Å². The molecule has 2 aromatic heterocycles. The average Bonchev–Trinajstić information content (AvgIpc) is 2.73. The molecule has 0 aliphatic carbocycles. The molecule has 5 nitrogen and oxygen atoms in total. The predicted molar refractivity (Wildman–Crippen MR) is 69.4 cm³/mol. The SMILES string of the molecule is CNC(C)(C)c1nn2c(C(C)(C)C)nnc2s1. The quantitative estimate of drug-likeness (QED) is 0.888. The summed E-state index contributed by atoms with van der Waals surface area (Å²) >= 11 is 1.58. The first-order chi connectivity index (χ1) is 7.75. The van der Waals surface area contributed by atoms with Crippen LogP contribution in [-0.2, 0) is 11.0 Å². The summed E-state index contributed by atoms with van der Waals surface area (Å²) in [6.45, 7) is 10.6.